The zero-order valence-corrected chi connectivity index (χ0v) is 17.1. The van der Waals surface area contributed by atoms with E-state index >= 15 is 0 Å². The highest BCUT2D eigenvalue weighted by molar-refractivity contribution is 7.18. The summed E-state index contributed by atoms with van der Waals surface area (Å²) in [5.41, 5.74) is 1.84. The minimum atomic E-state index is -0.219. The van der Waals surface area contributed by atoms with Crippen LogP contribution < -0.4 is 10.6 Å². The van der Waals surface area contributed by atoms with Crippen LogP contribution >= 0.6 is 22.9 Å². The number of benzene rings is 2. The largest absolute Gasteiger partial charge is 0.354 e. The zero-order chi connectivity index (χ0) is 19.9. The lowest BCUT2D eigenvalue weighted by Gasteiger charge is -2.18. The fourth-order valence-corrected chi connectivity index (χ4v) is 4.15. The molecule has 0 aliphatic rings. The third kappa shape index (κ3) is 5.78. The van der Waals surface area contributed by atoms with Gasteiger partial charge in [-0.25, -0.2) is 4.98 Å². The number of thiazole rings is 1. The van der Waals surface area contributed by atoms with Gasteiger partial charge in [0.25, 0.3) is 0 Å². The molecule has 1 heterocycles. The molecule has 0 fully saturated rings. The molecule has 146 valence electrons. The quantitative estimate of drug-likeness (QED) is 0.588. The molecule has 0 bridgehead atoms. The molecular formula is C21H22ClN3O2S. The van der Waals surface area contributed by atoms with Gasteiger partial charge in [-0.05, 0) is 23.8 Å². The average molecular weight is 416 g/mol. The van der Waals surface area contributed by atoms with Gasteiger partial charge in [-0.2, -0.15) is 0 Å². The van der Waals surface area contributed by atoms with Gasteiger partial charge in [0.05, 0.1) is 27.7 Å². The van der Waals surface area contributed by atoms with Crippen molar-refractivity contribution in [3.05, 3.63) is 64.1 Å². The highest BCUT2D eigenvalue weighted by atomic mass is 35.5. The lowest BCUT2D eigenvalue weighted by molar-refractivity contribution is -0.123. The van der Waals surface area contributed by atoms with E-state index in [0.29, 0.717) is 30.8 Å². The van der Waals surface area contributed by atoms with Crippen molar-refractivity contribution in [3.63, 3.8) is 0 Å². The first-order valence-electron chi connectivity index (χ1n) is 9.18. The van der Waals surface area contributed by atoms with Crippen molar-refractivity contribution in [3.8, 4) is 0 Å². The molecule has 28 heavy (non-hydrogen) atoms. The van der Waals surface area contributed by atoms with Crippen molar-refractivity contribution in [2.45, 2.75) is 32.2 Å². The molecule has 0 aliphatic heterocycles. The number of hydrogen-bond acceptors (Lipinski definition) is 4. The van der Waals surface area contributed by atoms with E-state index in [1.54, 1.807) is 18.3 Å². The summed E-state index contributed by atoms with van der Waals surface area (Å²) in [4.78, 5) is 28.8. The van der Waals surface area contributed by atoms with Crippen molar-refractivity contribution in [2.24, 2.45) is 0 Å². The second-order valence-corrected chi connectivity index (χ2v) is 8.06. The van der Waals surface area contributed by atoms with E-state index in [0.717, 1.165) is 20.8 Å². The molecule has 0 aliphatic carbocycles. The second kappa shape index (κ2) is 9.66. The normalized spacial score (nSPS) is 11.9. The molecule has 7 heteroatoms. The average Bonchev–Trinajstić information content (AvgIpc) is 3.08. The summed E-state index contributed by atoms with van der Waals surface area (Å²) in [7, 11) is 0. The van der Waals surface area contributed by atoms with Crippen molar-refractivity contribution in [1.29, 1.82) is 0 Å². The van der Waals surface area contributed by atoms with Gasteiger partial charge in [0, 0.05) is 24.4 Å². The predicted molar refractivity (Wildman–Crippen MR) is 114 cm³/mol. The number of nitrogens with zero attached hydrogens (tertiary/aromatic N) is 1. The van der Waals surface area contributed by atoms with Gasteiger partial charge in [-0.3, -0.25) is 9.59 Å². The zero-order valence-electron chi connectivity index (χ0n) is 15.6. The maximum absolute atomic E-state index is 12.3. The number of carbonyl (C=O) groups excluding carboxylic acids is 2. The van der Waals surface area contributed by atoms with Crippen LogP contribution in [0, 0.1) is 0 Å². The Balaban J connectivity index is 1.64. The molecule has 0 radical (unpaired) electrons. The monoisotopic (exact) mass is 415 g/mol. The van der Waals surface area contributed by atoms with Crippen LogP contribution in [0.1, 0.15) is 23.9 Å². The van der Waals surface area contributed by atoms with E-state index in [-0.39, 0.29) is 17.9 Å². The molecule has 1 aromatic heterocycles. The van der Waals surface area contributed by atoms with Gasteiger partial charge in [0.2, 0.25) is 11.8 Å². The number of rotatable bonds is 8. The molecule has 3 rings (SSSR count). The third-order valence-corrected chi connectivity index (χ3v) is 5.53. The van der Waals surface area contributed by atoms with E-state index in [1.165, 1.54) is 0 Å². The van der Waals surface area contributed by atoms with Crippen LogP contribution in [0.4, 0.5) is 0 Å². The summed E-state index contributed by atoms with van der Waals surface area (Å²) in [6, 6.07) is 14.9. The van der Waals surface area contributed by atoms with Crippen LogP contribution in [0.25, 0.3) is 10.2 Å². The molecule has 1 atom stereocenters. The Morgan fingerprint density at radius 3 is 2.68 bits per heavy atom. The van der Waals surface area contributed by atoms with Gasteiger partial charge in [0.1, 0.15) is 0 Å². The first-order chi connectivity index (χ1) is 13.5. The Labute approximate surface area is 173 Å². The van der Waals surface area contributed by atoms with Crippen molar-refractivity contribution < 1.29 is 9.59 Å². The topological polar surface area (TPSA) is 71.1 Å². The van der Waals surface area contributed by atoms with Crippen molar-refractivity contribution >= 4 is 45.0 Å². The van der Waals surface area contributed by atoms with E-state index in [2.05, 4.69) is 15.6 Å². The van der Waals surface area contributed by atoms with Gasteiger partial charge >= 0.3 is 0 Å². The first kappa shape index (κ1) is 20.3. The third-order valence-electron chi connectivity index (χ3n) is 4.26. The minimum absolute atomic E-state index is 0.0496. The molecule has 0 saturated carbocycles. The lowest BCUT2D eigenvalue weighted by Crippen LogP contribution is -2.45. The summed E-state index contributed by atoms with van der Waals surface area (Å²) in [6.45, 7) is 2.16. The molecule has 0 spiro atoms. The molecule has 2 N–H and O–H groups in total. The molecule has 5 nitrogen and oxygen atoms in total. The van der Waals surface area contributed by atoms with Gasteiger partial charge in [0.15, 0.2) is 0 Å². The van der Waals surface area contributed by atoms with Crippen LogP contribution in [-0.4, -0.2) is 29.4 Å². The Morgan fingerprint density at radius 2 is 1.93 bits per heavy atom. The summed E-state index contributed by atoms with van der Waals surface area (Å²) in [6.07, 6.45) is 1.26. The van der Waals surface area contributed by atoms with Crippen molar-refractivity contribution in [2.75, 3.05) is 6.54 Å². The SMILES string of the molecule is CCC(=O)N[C@H](CNC(=O)Cc1ccccc1)Cc1nc2ccc(Cl)cc2s1. The molecule has 0 unspecified atom stereocenters. The smallest absolute Gasteiger partial charge is 0.224 e. The highest BCUT2D eigenvalue weighted by Crippen LogP contribution is 2.26. The standard InChI is InChI=1S/C21H22ClN3O2S/c1-2-19(26)24-16(13-23-20(27)10-14-6-4-3-5-7-14)12-21-25-17-9-8-15(22)11-18(17)28-21/h3-9,11,16H,2,10,12-13H2,1H3,(H,23,27)(H,24,26)/t16-/m0/s1. The van der Waals surface area contributed by atoms with E-state index in [4.69, 9.17) is 11.6 Å². The van der Waals surface area contributed by atoms with Crippen LogP contribution in [0.2, 0.25) is 5.02 Å². The van der Waals surface area contributed by atoms with Crippen molar-refractivity contribution in [1.82, 2.24) is 15.6 Å². The number of halogens is 1. The molecular weight excluding hydrogens is 394 g/mol. The number of nitrogens with one attached hydrogen (secondary N) is 2. The highest BCUT2D eigenvalue weighted by Gasteiger charge is 2.16. The fourth-order valence-electron chi connectivity index (χ4n) is 2.83. The summed E-state index contributed by atoms with van der Waals surface area (Å²) in [5.74, 6) is -0.121. The van der Waals surface area contributed by atoms with E-state index in [9.17, 15) is 9.59 Å². The van der Waals surface area contributed by atoms with E-state index < -0.39 is 0 Å². The number of carbonyl (C=O) groups is 2. The number of aromatic nitrogens is 1. The predicted octanol–water partition coefficient (Wildman–Crippen LogP) is 3.75. The Hall–Kier alpha value is -2.44. The lowest BCUT2D eigenvalue weighted by atomic mass is 10.1. The minimum Gasteiger partial charge on any atom is -0.354 e. The maximum atomic E-state index is 12.3. The molecule has 2 aromatic carbocycles. The first-order valence-corrected chi connectivity index (χ1v) is 10.4. The number of fused-ring (bicyclic) bond motifs is 1. The fraction of sp³-hybridized carbons (Fsp3) is 0.286. The molecule has 2 amide bonds. The molecule has 3 aromatic rings. The van der Waals surface area contributed by atoms with Crippen LogP contribution in [0.3, 0.4) is 0 Å². The Kier molecular flexibility index (Phi) is 7.01. The van der Waals surface area contributed by atoms with Gasteiger partial charge in [-0.15, -0.1) is 11.3 Å². The number of hydrogen-bond donors (Lipinski definition) is 2. The van der Waals surface area contributed by atoms with Gasteiger partial charge in [-0.1, -0.05) is 48.9 Å². The van der Waals surface area contributed by atoms with Crippen LogP contribution in [0.15, 0.2) is 48.5 Å². The Bertz CT molecular complexity index is 959. The summed E-state index contributed by atoms with van der Waals surface area (Å²) >= 11 is 7.60. The maximum Gasteiger partial charge on any atom is 0.224 e. The van der Waals surface area contributed by atoms with Crippen LogP contribution in [-0.2, 0) is 22.4 Å². The second-order valence-electron chi connectivity index (χ2n) is 6.51. The summed E-state index contributed by atoms with van der Waals surface area (Å²) < 4.78 is 1.01. The van der Waals surface area contributed by atoms with Crippen LogP contribution in [0.5, 0.6) is 0 Å². The number of amides is 2. The van der Waals surface area contributed by atoms with Gasteiger partial charge < -0.3 is 10.6 Å². The summed E-state index contributed by atoms with van der Waals surface area (Å²) in [5, 5.41) is 7.47. The molecule has 0 saturated heterocycles. The van der Waals surface area contributed by atoms with E-state index in [1.807, 2.05) is 48.5 Å². The Morgan fingerprint density at radius 1 is 1.14 bits per heavy atom.